The zero-order valence-electron chi connectivity index (χ0n) is 16.1. The summed E-state index contributed by atoms with van der Waals surface area (Å²) < 4.78 is 10.4. The second-order valence-corrected chi connectivity index (χ2v) is 5.88. The average molecular weight is 404 g/mol. The number of hydrogen-bond acceptors (Lipinski definition) is 8. The SMILES string of the molecule is COC(=O)c1nnn(CCCN(C(=O)O)c2ccc(C(C)=O)cc2)c1C(=O)OC. The predicted octanol–water partition coefficient (Wildman–Crippen LogP) is 1.63. The largest absolute Gasteiger partial charge is 0.465 e. The summed E-state index contributed by atoms with van der Waals surface area (Å²) in [6.45, 7) is 1.59. The van der Waals surface area contributed by atoms with Gasteiger partial charge < -0.3 is 14.6 Å². The first-order valence-electron chi connectivity index (χ1n) is 8.51. The molecular weight excluding hydrogens is 384 g/mol. The molecule has 1 heterocycles. The van der Waals surface area contributed by atoms with Crippen molar-refractivity contribution in [3.8, 4) is 0 Å². The lowest BCUT2D eigenvalue weighted by Crippen LogP contribution is -2.31. The summed E-state index contributed by atoms with van der Waals surface area (Å²) in [5.41, 5.74) is 0.408. The van der Waals surface area contributed by atoms with E-state index in [0.29, 0.717) is 11.3 Å². The van der Waals surface area contributed by atoms with Crippen molar-refractivity contribution in [2.45, 2.75) is 19.9 Å². The fourth-order valence-electron chi connectivity index (χ4n) is 2.59. The molecule has 0 aliphatic heterocycles. The molecule has 154 valence electrons. The fourth-order valence-corrected chi connectivity index (χ4v) is 2.59. The predicted molar refractivity (Wildman–Crippen MR) is 99.1 cm³/mol. The summed E-state index contributed by atoms with van der Waals surface area (Å²) in [4.78, 5) is 47.8. The number of methoxy groups -OCH3 is 2. The van der Waals surface area contributed by atoms with Gasteiger partial charge in [0.25, 0.3) is 0 Å². The average Bonchev–Trinajstić information content (AvgIpc) is 3.13. The summed E-state index contributed by atoms with van der Waals surface area (Å²) in [7, 11) is 2.29. The Balaban J connectivity index is 2.15. The molecule has 1 aromatic carbocycles. The summed E-state index contributed by atoms with van der Waals surface area (Å²) in [6.07, 6.45) is -0.919. The normalized spacial score (nSPS) is 10.3. The molecule has 2 aromatic rings. The number of amides is 1. The molecule has 0 unspecified atom stereocenters. The molecule has 2 rings (SSSR count). The number of carbonyl (C=O) groups is 4. The van der Waals surface area contributed by atoms with Gasteiger partial charge in [0.2, 0.25) is 5.69 Å². The molecule has 29 heavy (non-hydrogen) atoms. The van der Waals surface area contributed by atoms with Gasteiger partial charge in [0.1, 0.15) is 0 Å². The highest BCUT2D eigenvalue weighted by Crippen LogP contribution is 2.17. The molecule has 1 N–H and O–H groups in total. The Kier molecular flexibility index (Phi) is 7.01. The number of nitrogens with zero attached hydrogens (tertiary/aromatic N) is 4. The Bertz CT molecular complexity index is 921. The standard InChI is InChI=1S/C18H20N4O7/c1-11(23)12-5-7-13(8-6-12)21(18(26)27)9-4-10-22-15(17(25)29-3)14(19-20-22)16(24)28-2/h5-8H,4,9-10H2,1-3H3,(H,26,27). The van der Waals surface area contributed by atoms with E-state index in [1.54, 1.807) is 12.1 Å². The molecule has 11 heteroatoms. The minimum absolute atomic E-state index is 0.0722. The number of anilines is 1. The van der Waals surface area contributed by atoms with Gasteiger partial charge in [-0.15, -0.1) is 5.10 Å². The van der Waals surface area contributed by atoms with Crippen LogP contribution in [0.3, 0.4) is 0 Å². The number of ether oxygens (including phenoxy) is 2. The van der Waals surface area contributed by atoms with Crippen molar-refractivity contribution in [3.05, 3.63) is 41.2 Å². The fraction of sp³-hybridized carbons (Fsp3) is 0.333. The zero-order chi connectivity index (χ0) is 21.6. The number of aryl methyl sites for hydroxylation is 1. The third-order valence-corrected chi connectivity index (χ3v) is 4.06. The van der Waals surface area contributed by atoms with E-state index in [4.69, 9.17) is 0 Å². The lowest BCUT2D eigenvalue weighted by atomic mass is 10.1. The molecule has 0 saturated heterocycles. The second kappa shape index (κ2) is 9.44. The topological polar surface area (TPSA) is 141 Å². The summed E-state index contributed by atoms with van der Waals surface area (Å²) in [5, 5.41) is 16.9. The van der Waals surface area contributed by atoms with Gasteiger partial charge in [0.15, 0.2) is 11.5 Å². The molecule has 11 nitrogen and oxygen atoms in total. The summed E-state index contributed by atoms with van der Waals surface area (Å²) in [5.74, 6) is -1.78. The Morgan fingerprint density at radius 2 is 1.69 bits per heavy atom. The molecule has 0 aliphatic rings. The van der Waals surface area contributed by atoms with Crippen LogP contribution in [0.5, 0.6) is 0 Å². The van der Waals surface area contributed by atoms with Crippen molar-refractivity contribution < 1.29 is 33.8 Å². The van der Waals surface area contributed by atoms with Crippen LogP contribution >= 0.6 is 0 Å². The number of benzene rings is 1. The van der Waals surface area contributed by atoms with Gasteiger partial charge in [-0.3, -0.25) is 9.69 Å². The van der Waals surface area contributed by atoms with Gasteiger partial charge in [-0.25, -0.2) is 19.1 Å². The number of hydrogen-bond donors (Lipinski definition) is 1. The van der Waals surface area contributed by atoms with Crippen LogP contribution in [0.1, 0.15) is 44.7 Å². The van der Waals surface area contributed by atoms with Crippen LogP contribution in [-0.4, -0.2) is 64.7 Å². The maximum Gasteiger partial charge on any atom is 0.411 e. The lowest BCUT2D eigenvalue weighted by molar-refractivity contribution is 0.0543. The van der Waals surface area contributed by atoms with E-state index >= 15 is 0 Å². The Morgan fingerprint density at radius 3 is 2.21 bits per heavy atom. The van der Waals surface area contributed by atoms with E-state index < -0.39 is 18.0 Å². The number of esters is 2. The third kappa shape index (κ3) is 4.94. The van der Waals surface area contributed by atoms with E-state index in [1.807, 2.05) is 0 Å². The molecule has 0 radical (unpaired) electrons. The van der Waals surface area contributed by atoms with Gasteiger partial charge >= 0.3 is 18.0 Å². The monoisotopic (exact) mass is 404 g/mol. The van der Waals surface area contributed by atoms with E-state index in [-0.39, 0.29) is 36.7 Å². The van der Waals surface area contributed by atoms with Crippen LogP contribution in [0, 0.1) is 0 Å². The van der Waals surface area contributed by atoms with Gasteiger partial charge in [-0.05, 0) is 37.6 Å². The number of rotatable bonds is 8. The second-order valence-electron chi connectivity index (χ2n) is 5.88. The Morgan fingerprint density at radius 1 is 1.07 bits per heavy atom. The maximum absolute atomic E-state index is 12.0. The summed E-state index contributed by atoms with van der Waals surface area (Å²) in [6, 6.07) is 6.16. The van der Waals surface area contributed by atoms with Crippen molar-refractivity contribution in [2.24, 2.45) is 0 Å². The van der Waals surface area contributed by atoms with Crippen LogP contribution in [0.2, 0.25) is 0 Å². The highest BCUT2D eigenvalue weighted by atomic mass is 16.5. The van der Waals surface area contributed by atoms with Crippen LogP contribution < -0.4 is 4.90 Å². The third-order valence-electron chi connectivity index (χ3n) is 4.06. The van der Waals surface area contributed by atoms with Gasteiger partial charge in [0.05, 0.1) is 14.2 Å². The zero-order valence-corrected chi connectivity index (χ0v) is 16.1. The highest BCUT2D eigenvalue weighted by Gasteiger charge is 2.27. The first-order valence-corrected chi connectivity index (χ1v) is 8.51. The van der Waals surface area contributed by atoms with E-state index in [1.165, 1.54) is 19.1 Å². The molecular formula is C18H20N4O7. The minimum Gasteiger partial charge on any atom is -0.465 e. The lowest BCUT2D eigenvalue weighted by Gasteiger charge is -2.19. The highest BCUT2D eigenvalue weighted by molar-refractivity contribution is 6.00. The van der Waals surface area contributed by atoms with Gasteiger partial charge in [-0.1, -0.05) is 5.21 Å². The molecule has 1 aromatic heterocycles. The Hall–Kier alpha value is -3.76. The smallest absolute Gasteiger partial charge is 0.411 e. The van der Waals surface area contributed by atoms with E-state index in [9.17, 15) is 24.3 Å². The van der Waals surface area contributed by atoms with Crippen molar-refractivity contribution in [2.75, 3.05) is 25.7 Å². The van der Waals surface area contributed by atoms with Crippen molar-refractivity contribution >= 4 is 29.5 Å². The van der Waals surface area contributed by atoms with Crippen molar-refractivity contribution in [1.29, 1.82) is 0 Å². The molecule has 0 aliphatic carbocycles. The van der Waals surface area contributed by atoms with Crippen LogP contribution in [0.15, 0.2) is 24.3 Å². The minimum atomic E-state index is -1.18. The molecule has 0 atom stereocenters. The number of Topliss-reactive ketones (excluding diaryl/α,β-unsaturated/α-hetero) is 1. The van der Waals surface area contributed by atoms with Crippen molar-refractivity contribution in [1.82, 2.24) is 15.0 Å². The molecule has 1 amide bonds. The number of ketones is 1. The summed E-state index contributed by atoms with van der Waals surface area (Å²) >= 11 is 0. The molecule has 0 fully saturated rings. The van der Waals surface area contributed by atoms with E-state index in [2.05, 4.69) is 19.8 Å². The van der Waals surface area contributed by atoms with Crippen LogP contribution in [0.25, 0.3) is 0 Å². The maximum atomic E-state index is 12.0. The quantitative estimate of drug-likeness (QED) is 0.513. The van der Waals surface area contributed by atoms with Gasteiger partial charge in [0, 0.05) is 24.3 Å². The number of carboxylic acid groups (broad SMARTS) is 1. The molecule has 0 saturated carbocycles. The molecule has 0 spiro atoms. The van der Waals surface area contributed by atoms with Crippen LogP contribution in [0.4, 0.5) is 10.5 Å². The number of aromatic nitrogens is 3. The van der Waals surface area contributed by atoms with E-state index in [0.717, 1.165) is 23.8 Å². The first-order chi connectivity index (χ1) is 13.8. The van der Waals surface area contributed by atoms with Gasteiger partial charge in [-0.2, -0.15) is 0 Å². The number of carbonyl (C=O) groups excluding carboxylic acids is 3. The molecule has 0 bridgehead atoms. The van der Waals surface area contributed by atoms with Crippen molar-refractivity contribution in [3.63, 3.8) is 0 Å². The van der Waals surface area contributed by atoms with Crippen LogP contribution in [-0.2, 0) is 16.0 Å². The Labute approximate surface area is 165 Å². The first kappa shape index (κ1) is 21.5.